The summed E-state index contributed by atoms with van der Waals surface area (Å²) in [7, 11) is 2.23. The lowest BCUT2D eigenvalue weighted by Crippen LogP contribution is -2.39. The first kappa shape index (κ1) is 16.4. The van der Waals surface area contributed by atoms with Gasteiger partial charge in [-0.15, -0.1) is 0 Å². The van der Waals surface area contributed by atoms with Gasteiger partial charge < -0.3 is 10.6 Å². The fourth-order valence-corrected chi connectivity index (χ4v) is 2.89. The van der Waals surface area contributed by atoms with Gasteiger partial charge in [-0.05, 0) is 50.1 Å². The minimum absolute atomic E-state index is 0.149. The van der Waals surface area contributed by atoms with E-state index >= 15 is 0 Å². The third kappa shape index (κ3) is 5.07. The van der Waals surface area contributed by atoms with E-state index in [0.29, 0.717) is 6.04 Å². The normalized spacial score (nSPS) is 13.8. The Morgan fingerprint density at radius 2 is 1.84 bits per heavy atom. The van der Waals surface area contributed by atoms with Gasteiger partial charge in [-0.2, -0.15) is 11.8 Å². The summed E-state index contributed by atoms with van der Waals surface area (Å²) in [5.74, 6) is 1.23. The number of nitrogens with zero attached hydrogens (tertiary/aromatic N) is 1. The first-order valence-electron chi connectivity index (χ1n) is 6.92. The first-order chi connectivity index (χ1) is 8.86. The molecule has 3 heteroatoms. The molecule has 1 unspecified atom stereocenters. The number of thioether (sulfide) groups is 1. The Bertz CT molecular complexity index is 373. The van der Waals surface area contributed by atoms with Crippen molar-refractivity contribution in [1.82, 2.24) is 4.90 Å². The Kier molecular flexibility index (Phi) is 6.21. The van der Waals surface area contributed by atoms with Crippen LogP contribution in [0, 0.1) is 0 Å². The van der Waals surface area contributed by atoms with Gasteiger partial charge in [0.1, 0.15) is 0 Å². The smallest absolute Gasteiger partial charge is 0.0314 e. The van der Waals surface area contributed by atoms with Gasteiger partial charge in [0.25, 0.3) is 0 Å². The summed E-state index contributed by atoms with van der Waals surface area (Å²) in [6.07, 6.45) is 3.42. The zero-order valence-corrected chi connectivity index (χ0v) is 13.8. The molecule has 0 heterocycles. The molecule has 19 heavy (non-hydrogen) atoms. The Labute approximate surface area is 122 Å². The van der Waals surface area contributed by atoms with Crippen molar-refractivity contribution >= 4 is 17.4 Å². The van der Waals surface area contributed by atoms with E-state index in [4.69, 9.17) is 5.73 Å². The highest BCUT2D eigenvalue weighted by Crippen LogP contribution is 2.25. The number of benzene rings is 1. The Morgan fingerprint density at radius 3 is 2.37 bits per heavy atom. The Morgan fingerprint density at radius 1 is 1.26 bits per heavy atom. The van der Waals surface area contributed by atoms with Crippen LogP contribution in [0.4, 0.5) is 5.69 Å². The van der Waals surface area contributed by atoms with Gasteiger partial charge in [0.15, 0.2) is 0 Å². The van der Waals surface area contributed by atoms with Crippen molar-refractivity contribution in [3.8, 4) is 0 Å². The zero-order chi connectivity index (χ0) is 14.5. The maximum absolute atomic E-state index is 5.76. The van der Waals surface area contributed by atoms with Crippen LogP contribution in [0.15, 0.2) is 24.3 Å². The summed E-state index contributed by atoms with van der Waals surface area (Å²) in [5.41, 5.74) is 8.10. The average molecular weight is 280 g/mol. The summed E-state index contributed by atoms with van der Waals surface area (Å²) in [4.78, 5) is 2.46. The highest BCUT2D eigenvalue weighted by atomic mass is 32.2. The molecule has 0 bridgehead atoms. The van der Waals surface area contributed by atoms with Crippen LogP contribution in [0.2, 0.25) is 0 Å². The van der Waals surface area contributed by atoms with Gasteiger partial charge in [0, 0.05) is 23.7 Å². The minimum atomic E-state index is 0.149. The van der Waals surface area contributed by atoms with Crippen molar-refractivity contribution in [2.24, 2.45) is 0 Å². The number of likely N-dealkylation sites (N-methyl/N-ethyl adjacent to an activating group) is 1. The van der Waals surface area contributed by atoms with Crippen molar-refractivity contribution in [1.29, 1.82) is 0 Å². The van der Waals surface area contributed by atoms with Crippen molar-refractivity contribution in [3.63, 3.8) is 0 Å². The summed E-state index contributed by atoms with van der Waals surface area (Å²) in [6.45, 7) is 7.98. The molecule has 0 fully saturated rings. The molecule has 1 aromatic carbocycles. The van der Waals surface area contributed by atoms with Gasteiger partial charge in [-0.3, -0.25) is 0 Å². The molecule has 0 aliphatic rings. The molecular weight excluding hydrogens is 252 g/mol. The van der Waals surface area contributed by atoms with Crippen LogP contribution in [0.25, 0.3) is 0 Å². The van der Waals surface area contributed by atoms with E-state index in [9.17, 15) is 0 Å². The van der Waals surface area contributed by atoms with Crippen LogP contribution in [0.3, 0.4) is 0 Å². The van der Waals surface area contributed by atoms with Gasteiger partial charge in [-0.1, -0.05) is 26.0 Å². The summed E-state index contributed by atoms with van der Waals surface area (Å²) < 4.78 is 0. The molecule has 1 rings (SSSR count). The largest absolute Gasteiger partial charge is 0.399 e. The van der Waals surface area contributed by atoms with E-state index < -0.39 is 0 Å². The van der Waals surface area contributed by atoms with E-state index in [2.05, 4.69) is 51.1 Å². The number of rotatable bonds is 7. The zero-order valence-electron chi connectivity index (χ0n) is 12.9. The second-order valence-electron chi connectivity index (χ2n) is 6.05. The lowest BCUT2D eigenvalue weighted by Gasteiger charge is -2.34. The SMILES string of the molecule is CSCCC(C)N(C)CC(C)(C)c1ccc(N)cc1. The molecular formula is C16H28N2S. The second-order valence-corrected chi connectivity index (χ2v) is 7.04. The van der Waals surface area contributed by atoms with Crippen molar-refractivity contribution in [2.75, 3.05) is 31.3 Å². The number of nitrogen functional groups attached to an aromatic ring is 1. The Hall–Kier alpha value is -0.670. The van der Waals surface area contributed by atoms with Gasteiger partial charge >= 0.3 is 0 Å². The van der Waals surface area contributed by atoms with Gasteiger partial charge in [0.05, 0.1) is 0 Å². The maximum Gasteiger partial charge on any atom is 0.0314 e. The fourth-order valence-electron chi connectivity index (χ4n) is 2.31. The Balaban J connectivity index is 2.65. The third-order valence-electron chi connectivity index (χ3n) is 3.83. The molecule has 0 aromatic heterocycles. The topological polar surface area (TPSA) is 29.3 Å². The van der Waals surface area contributed by atoms with E-state index in [0.717, 1.165) is 12.2 Å². The molecule has 0 aliphatic carbocycles. The molecule has 0 aliphatic heterocycles. The average Bonchev–Trinajstić information content (AvgIpc) is 2.35. The van der Waals surface area contributed by atoms with E-state index in [1.807, 2.05) is 23.9 Å². The highest BCUT2D eigenvalue weighted by Gasteiger charge is 2.24. The monoisotopic (exact) mass is 280 g/mol. The van der Waals surface area contributed by atoms with Crippen molar-refractivity contribution in [3.05, 3.63) is 29.8 Å². The number of hydrogen-bond donors (Lipinski definition) is 1. The molecule has 2 N–H and O–H groups in total. The molecule has 0 radical (unpaired) electrons. The maximum atomic E-state index is 5.76. The molecule has 1 aromatic rings. The molecule has 108 valence electrons. The lowest BCUT2D eigenvalue weighted by molar-refractivity contribution is 0.208. The highest BCUT2D eigenvalue weighted by molar-refractivity contribution is 7.98. The molecule has 2 nitrogen and oxygen atoms in total. The van der Waals surface area contributed by atoms with Crippen LogP contribution >= 0.6 is 11.8 Å². The predicted octanol–water partition coefficient (Wildman–Crippen LogP) is 3.62. The molecule has 0 saturated carbocycles. The van der Waals surface area contributed by atoms with Crippen LogP contribution in [-0.4, -0.2) is 36.5 Å². The van der Waals surface area contributed by atoms with E-state index in [-0.39, 0.29) is 5.41 Å². The summed E-state index contributed by atoms with van der Waals surface area (Å²) in [6, 6.07) is 8.91. The third-order valence-corrected chi connectivity index (χ3v) is 4.47. The minimum Gasteiger partial charge on any atom is -0.399 e. The van der Waals surface area contributed by atoms with Gasteiger partial charge in [-0.25, -0.2) is 0 Å². The van der Waals surface area contributed by atoms with Crippen LogP contribution in [-0.2, 0) is 5.41 Å². The first-order valence-corrected chi connectivity index (χ1v) is 8.31. The molecule has 0 amide bonds. The molecule has 1 atom stereocenters. The quantitative estimate of drug-likeness (QED) is 0.774. The van der Waals surface area contributed by atoms with Crippen LogP contribution in [0.5, 0.6) is 0 Å². The van der Waals surface area contributed by atoms with Crippen molar-refractivity contribution < 1.29 is 0 Å². The lowest BCUT2D eigenvalue weighted by atomic mass is 9.83. The second kappa shape index (κ2) is 7.20. The van der Waals surface area contributed by atoms with E-state index in [1.165, 1.54) is 17.7 Å². The van der Waals surface area contributed by atoms with Crippen LogP contribution in [0.1, 0.15) is 32.8 Å². The number of anilines is 1. The molecule has 0 saturated heterocycles. The summed E-state index contributed by atoms with van der Waals surface area (Å²) >= 11 is 1.92. The van der Waals surface area contributed by atoms with Crippen LogP contribution < -0.4 is 5.73 Å². The fraction of sp³-hybridized carbons (Fsp3) is 0.625. The number of hydrogen-bond acceptors (Lipinski definition) is 3. The van der Waals surface area contributed by atoms with E-state index in [1.54, 1.807) is 0 Å². The summed E-state index contributed by atoms with van der Waals surface area (Å²) in [5, 5.41) is 0. The molecule has 0 spiro atoms. The predicted molar refractivity (Wildman–Crippen MR) is 89.0 cm³/mol. The van der Waals surface area contributed by atoms with Gasteiger partial charge in [0.2, 0.25) is 0 Å². The standard InChI is InChI=1S/C16H28N2S/c1-13(10-11-19-5)18(4)12-16(2,3)14-6-8-15(17)9-7-14/h6-9,13H,10-12,17H2,1-5H3. The number of nitrogens with two attached hydrogens (primary N) is 1. The van der Waals surface area contributed by atoms with Crippen molar-refractivity contribution in [2.45, 2.75) is 38.6 Å².